The highest BCUT2D eigenvalue weighted by Gasteiger charge is 2.52. The van der Waals surface area contributed by atoms with Crippen LogP contribution in [0.4, 0.5) is 34.1 Å². The number of benzene rings is 4. The normalized spacial score (nSPS) is 16.7. The maximum Gasteiger partial charge on any atom is 0.0956 e. The first-order chi connectivity index (χ1) is 19.4. The monoisotopic (exact) mass is 500 g/mol. The molecule has 0 N–H and O–H groups in total. The predicted molar refractivity (Wildman–Crippen MR) is 157 cm³/mol. The third-order valence-electron chi connectivity index (χ3n) is 7.95. The Morgan fingerprint density at radius 3 is 1.59 bits per heavy atom. The Labute approximate surface area is 227 Å². The highest BCUT2D eigenvalue weighted by atomic mass is 15.2. The van der Waals surface area contributed by atoms with Gasteiger partial charge in [0.25, 0.3) is 0 Å². The molecule has 1 spiro atoms. The van der Waals surface area contributed by atoms with Crippen molar-refractivity contribution in [1.82, 2.24) is 9.97 Å². The molecule has 4 heteroatoms. The highest BCUT2D eigenvalue weighted by Crippen LogP contribution is 2.63. The van der Waals surface area contributed by atoms with Crippen LogP contribution in [0.5, 0.6) is 0 Å². The molecule has 4 heterocycles. The molecule has 6 aromatic rings. The van der Waals surface area contributed by atoms with Crippen LogP contribution in [-0.2, 0) is 5.41 Å². The van der Waals surface area contributed by atoms with Crippen LogP contribution in [0.15, 0.2) is 146 Å². The third-order valence-corrected chi connectivity index (χ3v) is 7.95. The van der Waals surface area contributed by atoms with Crippen molar-refractivity contribution >= 4 is 34.1 Å². The molecule has 2 aliphatic heterocycles. The van der Waals surface area contributed by atoms with Gasteiger partial charge in [0, 0.05) is 29.3 Å². The maximum absolute atomic E-state index is 5.19. The highest BCUT2D eigenvalue weighted by molar-refractivity contribution is 5.95. The molecule has 4 aromatic carbocycles. The number of rotatable bonds is 2. The molecule has 2 aliphatic rings. The minimum Gasteiger partial charge on any atom is -0.308 e. The second-order valence-corrected chi connectivity index (χ2v) is 9.89. The number of para-hydroxylation sites is 4. The Bertz CT molecular complexity index is 1600. The van der Waals surface area contributed by atoms with Crippen LogP contribution >= 0.6 is 0 Å². The summed E-state index contributed by atoms with van der Waals surface area (Å²) in [6.07, 6.45) is 5.83. The SMILES string of the molecule is c1ccc(N2c3ccccc3C3(c4ccncc42)c2ccccc2N(c2ccccc2)c2cccnc23)cc1. The van der Waals surface area contributed by atoms with E-state index in [-0.39, 0.29) is 0 Å². The van der Waals surface area contributed by atoms with Crippen LogP contribution in [0.3, 0.4) is 0 Å². The van der Waals surface area contributed by atoms with E-state index in [0.29, 0.717) is 0 Å². The fourth-order valence-corrected chi connectivity index (χ4v) is 6.51. The zero-order valence-electron chi connectivity index (χ0n) is 21.1. The molecular weight excluding hydrogens is 476 g/mol. The summed E-state index contributed by atoms with van der Waals surface area (Å²) < 4.78 is 0. The van der Waals surface area contributed by atoms with E-state index in [0.717, 1.165) is 39.8 Å². The Hall–Kier alpha value is -5.22. The van der Waals surface area contributed by atoms with Gasteiger partial charge in [-0.25, -0.2) is 0 Å². The fourth-order valence-electron chi connectivity index (χ4n) is 6.51. The van der Waals surface area contributed by atoms with E-state index in [1.165, 1.54) is 16.7 Å². The molecule has 4 nitrogen and oxygen atoms in total. The number of fused-ring (bicyclic) bond motifs is 8. The Morgan fingerprint density at radius 2 is 0.949 bits per heavy atom. The lowest BCUT2D eigenvalue weighted by Crippen LogP contribution is -2.42. The van der Waals surface area contributed by atoms with Gasteiger partial charge >= 0.3 is 0 Å². The van der Waals surface area contributed by atoms with Crippen LogP contribution in [0, 0.1) is 0 Å². The van der Waals surface area contributed by atoms with Crippen molar-refractivity contribution in [3.63, 3.8) is 0 Å². The first kappa shape index (κ1) is 21.8. The Morgan fingerprint density at radius 1 is 0.436 bits per heavy atom. The van der Waals surface area contributed by atoms with Gasteiger partial charge in [-0.1, -0.05) is 72.8 Å². The molecule has 0 saturated carbocycles. The molecule has 39 heavy (non-hydrogen) atoms. The summed E-state index contributed by atoms with van der Waals surface area (Å²) in [5.74, 6) is 0. The predicted octanol–water partition coefficient (Wildman–Crippen LogP) is 8.43. The zero-order chi connectivity index (χ0) is 25.8. The molecule has 0 saturated heterocycles. The Balaban J connectivity index is 1.53. The van der Waals surface area contributed by atoms with Gasteiger partial charge in [0.2, 0.25) is 0 Å². The van der Waals surface area contributed by atoms with E-state index in [9.17, 15) is 0 Å². The summed E-state index contributed by atoms with van der Waals surface area (Å²) in [7, 11) is 0. The van der Waals surface area contributed by atoms with Crippen LogP contribution in [0.1, 0.15) is 22.4 Å². The number of pyridine rings is 2. The summed E-state index contributed by atoms with van der Waals surface area (Å²) in [4.78, 5) is 14.5. The van der Waals surface area contributed by atoms with E-state index in [4.69, 9.17) is 4.98 Å². The average Bonchev–Trinajstić information content (AvgIpc) is 3.02. The van der Waals surface area contributed by atoms with Gasteiger partial charge in [-0.3, -0.25) is 9.97 Å². The van der Waals surface area contributed by atoms with Gasteiger partial charge in [-0.15, -0.1) is 0 Å². The van der Waals surface area contributed by atoms with Crippen molar-refractivity contribution in [2.45, 2.75) is 5.41 Å². The lowest BCUT2D eigenvalue weighted by atomic mass is 9.62. The van der Waals surface area contributed by atoms with Crippen molar-refractivity contribution in [2.75, 3.05) is 9.80 Å². The van der Waals surface area contributed by atoms with E-state index in [2.05, 4.69) is 136 Å². The molecule has 1 atom stereocenters. The molecular formula is C35H24N4. The van der Waals surface area contributed by atoms with Gasteiger partial charge in [0.05, 0.1) is 40.1 Å². The lowest BCUT2D eigenvalue weighted by Gasteiger charge is -2.50. The van der Waals surface area contributed by atoms with Crippen molar-refractivity contribution in [3.05, 3.63) is 168 Å². The topological polar surface area (TPSA) is 32.3 Å². The van der Waals surface area contributed by atoms with Crippen molar-refractivity contribution < 1.29 is 0 Å². The molecule has 1 unspecified atom stereocenters. The fraction of sp³-hybridized carbons (Fsp3) is 0.0286. The van der Waals surface area contributed by atoms with Crippen LogP contribution < -0.4 is 9.80 Å². The third kappa shape index (κ3) is 2.94. The molecule has 2 aromatic heterocycles. The van der Waals surface area contributed by atoms with Gasteiger partial charge in [-0.2, -0.15) is 0 Å². The lowest BCUT2D eigenvalue weighted by molar-refractivity contribution is 0.689. The minimum absolute atomic E-state index is 0.626. The number of nitrogens with zero attached hydrogens (tertiary/aromatic N) is 4. The number of anilines is 6. The summed E-state index contributed by atoms with van der Waals surface area (Å²) >= 11 is 0. The summed E-state index contributed by atoms with van der Waals surface area (Å²) in [5, 5.41) is 0. The maximum atomic E-state index is 5.19. The van der Waals surface area contributed by atoms with E-state index < -0.39 is 5.41 Å². The molecule has 0 bridgehead atoms. The largest absolute Gasteiger partial charge is 0.308 e. The van der Waals surface area contributed by atoms with Gasteiger partial charge in [-0.05, 0) is 65.7 Å². The summed E-state index contributed by atoms with van der Waals surface area (Å²) in [6, 6.07) is 45.0. The standard InChI is InChI=1S/C35H24N4/c1-3-12-25(13-4-1)38-30-18-9-7-16-27(30)35(34-32(38)20-11-22-37-34)28-17-8-10-19-31(28)39(26-14-5-2-6-15-26)33-24-36-23-21-29(33)35/h1-24H. The molecule has 0 fully saturated rings. The smallest absolute Gasteiger partial charge is 0.0956 e. The van der Waals surface area contributed by atoms with E-state index in [1.807, 2.05) is 24.7 Å². The van der Waals surface area contributed by atoms with Crippen molar-refractivity contribution in [1.29, 1.82) is 0 Å². The minimum atomic E-state index is -0.626. The molecule has 184 valence electrons. The first-order valence-electron chi connectivity index (χ1n) is 13.2. The van der Waals surface area contributed by atoms with Crippen LogP contribution in [0.2, 0.25) is 0 Å². The number of hydrogen-bond donors (Lipinski definition) is 0. The van der Waals surface area contributed by atoms with Gasteiger partial charge < -0.3 is 9.80 Å². The quantitative estimate of drug-likeness (QED) is 0.238. The zero-order valence-corrected chi connectivity index (χ0v) is 21.1. The second kappa shape index (κ2) is 8.40. The van der Waals surface area contributed by atoms with Crippen LogP contribution in [0.25, 0.3) is 0 Å². The van der Waals surface area contributed by atoms with Gasteiger partial charge in [0.1, 0.15) is 0 Å². The average molecular weight is 501 g/mol. The van der Waals surface area contributed by atoms with Gasteiger partial charge in [0.15, 0.2) is 0 Å². The molecule has 0 radical (unpaired) electrons. The summed E-state index contributed by atoms with van der Waals surface area (Å²) in [6.45, 7) is 0. The van der Waals surface area contributed by atoms with Crippen LogP contribution in [-0.4, -0.2) is 9.97 Å². The first-order valence-corrected chi connectivity index (χ1v) is 13.2. The number of aromatic nitrogens is 2. The van der Waals surface area contributed by atoms with Crippen molar-refractivity contribution in [2.24, 2.45) is 0 Å². The van der Waals surface area contributed by atoms with E-state index in [1.54, 1.807) is 0 Å². The molecule has 0 aliphatic carbocycles. The second-order valence-electron chi connectivity index (χ2n) is 9.89. The molecule has 0 amide bonds. The summed E-state index contributed by atoms with van der Waals surface area (Å²) in [5.41, 5.74) is 10.6. The Kier molecular flexibility index (Phi) is 4.70. The van der Waals surface area contributed by atoms with Crippen molar-refractivity contribution in [3.8, 4) is 0 Å². The molecule has 8 rings (SSSR count). The number of hydrogen-bond acceptors (Lipinski definition) is 4. The van der Waals surface area contributed by atoms with E-state index >= 15 is 0 Å².